The molecule has 0 saturated heterocycles. The van der Waals surface area contributed by atoms with Crippen LogP contribution in [0.5, 0.6) is 0 Å². The van der Waals surface area contributed by atoms with Crippen LogP contribution in [0.4, 0.5) is 10.5 Å². The predicted molar refractivity (Wildman–Crippen MR) is 169 cm³/mol. The molecule has 1 aliphatic heterocycles. The Morgan fingerprint density at radius 2 is 1.63 bits per heavy atom. The first-order chi connectivity index (χ1) is 22.0. The first-order valence-electron chi connectivity index (χ1n) is 15.5. The van der Waals surface area contributed by atoms with Crippen molar-refractivity contribution in [3.63, 3.8) is 0 Å². The van der Waals surface area contributed by atoms with Gasteiger partial charge in [-0.05, 0) is 75.3 Å². The lowest BCUT2D eigenvalue weighted by molar-refractivity contribution is -0.142. The van der Waals surface area contributed by atoms with Crippen LogP contribution in [0.15, 0.2) is 36.4 Å². The van der Waals surface area contributed by atoms with E-state index in [4.69, 9.17) is 16.2 Å². The van der Waals surface area contributed by atoms with Crippen molar-refractivity contribution in [2.24, 2.45) is 11.5 Å². The molecule has 254 valence electrons. The van der Waals surface area contributed by atoms with E-state index in [1.807, 2.05) is 0 Å². The number of aliphatic hydroxyl groups excluding tert-OH is 1. The lowest BCUT2D eigenvalue weighted by Crippen LogP contribution is -2.52. The Hall–Kier alpha value is -4.50. The van der Waals surface area contributed by atoms with E-state index in [1.54, 1.807) is 24.3 Å². The van der Waals surface area contributed by atoms with Crippen molar-refractivity contribution < 1.29 is 38.6 Å². The van der Waals surface area contributed by atoms with Gasteiger partial charge in [-0.2, -0.15) is 0 Å². The van der Waals surface area contributed by atoms with E-state index in [-0.39, 0.29) is 37.8 Å². The van der Waals surface area contributed by atoms with Crippen molar-refractivity contribution in [2.45, 2.75) is 89.6 Å². The second kappa shape index (κ2) is 20.5. The highest BCUT2D eigenvalue weighted by Crippen LogP contribution is 2.14. The molecular formula is C31H47N7O8. The number of nitrogens with one attached hydrogen (secondary N) is 4. The summed E-state index contributed by atoms with van der Waals surface area (Å²) in [6, 6.07) is 4.07. The Morgan fingerprint density at radius 1 is 0.935 bits per heavy atom. The van der Waals surface area contributed by atoms with Crippen LogP contribution < -0.4 is 32.7 Å². The Balaban J connectivity index is 1.98. The summed E-state index contributed by atoms with van der Waals surface area (Å²) in [5, 5.41) is 20.5. The van der Waals surface area contributed by atoms with Gasteiger partial charge in [0, 0.05) is 38.2 Å². The molecule has 15 heteroatoms. The van der Waals surface area contributed by atoms with Crippen LogP contribution >= 0.6 is 0 Å². The van der Waals surface area contributed by atoms with Gasteiger partial charge in [0.15, 0.2) is 0 Å². The summed E-state index contributed by atoms with van der Waals surface area (Å²) in [5.74, 6) is -2.01. The number of nitrogens with zero attached hydrogens (tertiary/aromatic N) is 1. The number of benzene rings is 1. The summed E-state index contributed by atoms with van der Waals surface area (Å²) in [7, 11) is 0. The zero-order valence-corrected chi connectivity index (χ0v) is 26.3. The van der Waals surface area contributed by atoms with Gasteiger partial charge >= 0.3 is 12.0 Å². The number of aliphatic hydroxyl groups is 1. The number of urea groups is 1. The van der Waals surface area contributed by atoms with Crippen molar-refractivity contribution in [3.8, 4) is 0 Å². The second-order valence-corrected chi connectivity index (χ2v) is 11.0. The van der Waals surface area contributed by atoms with Crippen LogP contribution in [-0.4, -0.2) is 83.6 Å². The van der Waals surface area contributed by atoms with Gasteiger partial charge in [0.25, 0.3) is 0 Å². The van der Waals surface area contributed by atoms with Crippen molar-refractivity contribution in [2.75, 3.05) is 25.0 Å². The Bertz CT molecular complexity index is 1210. The quantitative estimate of drug-likeness (QED) is 0.0728. The minimum absolute atomic E-state index is 0.0911. The standard InChI is InChI=1S/C31H47N7O8/c1-21(39)46-20-22-11-13-23(14-12-22)35-29(43)25(9-7-18-34-31(33)45)37-30(44)24(8-4-5-17-32)36-26(40)10-3-2-6-19-38-27(41)15-16-28(38)42/h11-16,24-25,27,41H,2-10,17-20,32H2,1H3,(H,35,43)(H,36,40)(H,37,44)(H3,33,34,45)/t24-,25-,27?/m0/s1. The summed E-state index contributed by atoms with van der Waals surface area (Å²) in [4.78, 5) is 74.6. The average molecular weight is 646 g/mol. The molecule has 0 radical (unpaired) electrons. The minimum Gasteiger partial charge on any atom is -0.461 e. The lowest BCUT2D eigenvalue weighted by atomic mass is 10.1. The van der Waals surface area contributed by atoms with Gasteiger partial charge in [-0.25, -0.2) is 4.79 Å². The van der Waals surface area contributed by atoms with Gasteiger partial charge in [0.1, 0.15) is 24.9 Å². The zero-order valence-electron chi connectivity index (χ0n) is 26.3. The summed E-state index contributed by atoms with van der Waals surface area (Å²) in [6.07, 6.45) is 5.80. The maximum Gasteiger partial charge on any atom is 0.312 e. The maximum atomic E-state index is 13.4. The molecule has 1 aromatic carbocycles. The molecule has 6 amide bonds. The van der Waals surface area contributed by atoms with E-state index in [0.29, 0.717) is 63.7 Å². The fourth-order valence-corrected chi connectivity index (χ4v) is 4.67. The number of hydrogen-bond donors (Lipinski definition) is 7. The molecule has 3 atom stereocenters. The number of ether oxygens (including phenoxy) is 1. The number of carbonyl (C=O) groups excluding carboxylic acids is 6. The largest absolute Gasteiger partial charge is 0.461 e. The molecule has 0 spiro atoms. The molecule has 1 heterocycles. The molecule has 1 aromatic rings. The molecule has 0 fully saturated rings. The fraction of sp³-hybridized carbons (Fsp3) is 0.548. The van der Waals surface area contributed by atoms with Gasteiger partial charge in [0.2, 0.25) is 23.6 Å². The smallest absolute Gasteiger partial charge is 0.312 e. The summed E-state index contributed by atoms with van der Waals surface area (Å²) in [6.45, 7) is 2.38. The van der Waals surface area contributed by atoms with E-state index in [2.05, 4.69) is 21.3 Å². The maximum absolute atomic E-state index is 13.4. The zero-order chi connectivity index (χ0) is 33.9. The summed E-state index contributed by atoms with van der Waals surface area (Å²) >= 11 is 0. The first-order valence-corrected chi connectivity index (χ1v) is 15.5. The topological polar surface area (TPSA) is 235 Å². The molecule has 2 rings (SSSR count). The van der Waals surface area contributed by atoms with Crippen LogP contribution in [0, 0.1) is 0 Å². The molecule has 46 heavy (non-hydrogen) atoms. The Kier molecular flexibility index (Phi) is 16.8. The number of esters is 1. The number of carbonyl (C=O) groups is 6. The van der Waals surface area contributed by atoms with Crippen molar-refractivity contribution >= 4 is 41.3 Å². The molecule has 0 bridgehead atoms. The number of amides is 6. The lowest BCUT2D eigenvalue weighted by Gasteiger charge is -2.23. The average Bonchev–Trinajstić information content (AvgIpc) is 3.33. The normalized spacial score (nSPS) is 15.2. The highest BCUT2D eigenvalue weighted by Gasteiger charge is 2.27. The number of anilines is 1. The highest BCUT2D eigenvalue weighted by molar-refractivity contribution is 5.98. The molecule has 0 aliphatic carbocycles. The molecule has 1 aliphatic rings. The van der Waals surface area contributed by atoms with Crippen molar-refractivity contribution in [1.29, 1.82) is 0 Å². The number of hydrogen-bond acceptors (Lipinski definition) is 9. The van der Waals surface area contributed by atoms with Gasteiger partial charge < -0.3 is 47.5 Å². The summed E-state index contributed by atoms with van der Waals surface area (Å²) in [5.41, 5.74) is 11.9. The minimum atomic E-state index is -0.991. The van der Waals surface area contributed by atoms with E-state index in [9.17, 15) is 33.9 Å². The van der Waals surface area contributed by atoms with E-state index in [1.165, 1.54) is 24.0 Å². The summed E-state index contributed by atoms with van der Waals surface area (Å²) < 4.78 is 4.97. The first kappa shape index (κ1) is 37.7. The van der Waals surface area contributed by atoms with E-state index < -0.39 is 42.1 Å². The van der Waals surface area contributed by atoms with E-state index in [0.717, 1.165) is 5.56 Å². The molecule has 15 nitrogen and oxygen atoms in total. The Labute approximate surface area is 268 Å². The number of primary amides is 1. The molecular weight excluding hydrogens is 598 g/mol. The number of unbranched alkanes of at least 4 members (excludes halogenated alkanes) is 3. The van der Waals surface area contributed by atoms with Gasteiger partial charge in [0.05, 0.1) is 0 Å². The van der Waals surface area contributed by atoms with Crippen molar-refractivity contribution in [3.05, 3.63) is 42.0 Å². The van der Waals surface area contributed by atoms with Crippen LogP contribution in [0.1, 0.15) is 70.3 Å². The monoisotopic (exact) mass is 645 g/mol. The van der Waals surface area contributed by atoms with Crippen LogP contribution in [-0.2, 0) is 35.3 Å². The third kappa shape index (κ3) is 14.5. The van der Waals surface area contributed by atoms with Crippen LogP contribution in [0.2, 0.25) is 0 Å². The molecule has 0 saturated carbocycles. The number of rotatable bonds is 21. The van der Waals surface area contributed by atoms with Gasteiger partial charge in [-0.3, -0.25) is 24.0 Å². The number of nitrogens with two attached hydrogens (primary N) is 2. The highest BCUT2D eigenvalue weighted by atomic mass is 16.5. The van der Waals surface area contributed by atoms with Crippen LogP contribution in [0.3, 0.4) is 0 Å². The fourth-order valence-electron chi connectivity index (χ4n) is 4.67. The SMILES string of the molecule is CC(=O)OCc1ccc(NC(=O)[C@H](CCCNC(N)=O)NC(=O)[C@H](CCCCN)NC(=O)CCCCCN2C(=O)C=CC2O)cc1. The van der Waals surface area contributed by atoms with Gasteiger partial charge in [-0.1, -0.05) is 18.6 Å². The second-order valence-electron chi connectivity index (χ2n) is 11.0. The molecule has 9 N–H and O–H groups in total. The molecule has 1 unspecified atom stereocenters. The van der Waals surface area contributed by atoms with E-state index >= 15 is 0 Å². The Morgan fingerprint density at radius 3 is 2.26 bits per heavy atom. The van der Waals surface area contributed by atoms with Gasteiger partial charge in [-0.15, -0.1) is 0 Å². The predicted octanol–water partition coefficient (Wildman–Crippen LogP) is 0.513. The van der Waals surface area contributed by atoms with Crippen LogP contribution in [0.25, 0.3) is 0 Å². The molecule has 0 aromatic heterocycles. The third-order valence-electron chi connectivity index (χ3n) is 7.18. The third-order valence-corrected chi connectivity index (χ3v) is 7.18. The van der Waals surface area contributed by atoms with Crippen molar-refractivity contribution in [1.82, 2.24) is 20.9 Å².